The number of aromatic nitrogens is 2. The van der Waals surface area contributed by atoms with Crippen LogP contribution in [0.5, 0.6) is 5.75 Å². The normalized spacial score (nSPS) is 11.3. The van der Waals surface area contributed by atoms with E-state index in [1.54, 1.807) is 36.5 Å². The second-order valence-corrected chi connectivity index (χ2v) is 9.63. The molecular weight excluding hydrogens is 500 g/mol. The molecule has 1 heterocycles. The Bertz CT molecular complexity index is 1450. The summed E-state index contributed by atoms with van der Waals surface area (Å²) in [6, 6.07) is 19.0. The fourth-order valence-electron chi connectivity index (χ4n) is 3.71. The zero-order valence-corrected chi connectivity index (χ0v) is 22.6. The first-order valence-electron chi connectivity index (χ1n) is 12.2. The molecule has 0 aliphatic rings. The van der Waals surface area contributed by atoms with E-state index in [-0.39, 0.29) is 12.0 Å². The molecule has 0 atom stereocenters. The Balaban J connectivity index is 1.54. The molecule has 0 unspecified atom stereocenters. The van der Waals surface area contributed by atoms with Gasteiger partial charge in [0.05, 0.1) is 16.8 Å². The highest BCUT2D eigenvalue weighted by molar-refractivity contribution is 6.35. The van der Waals surface area contributed by atoms with Crippen LogP contribution in [0.2, 0.25) is 5.02 Å². The minimum atomic E-state index is -0.216. The largest absolute Gasteiger partial charge is 0.489 e. The molecule has 0 aliphatic heterocycles. The topological polar surface area (TPSA) is 91.4 Å². The van der Waals surface area contributed by atoms with Gasteiger partial charge in [0.1, 0.15) is 11.6 Å². The molecule has 0 bridgehead atoms. The number of rotatable bonds is 10. The van der Waals surface area contributed by atoms with Gasteiger partial charge in [0.2, 0.25) is 11.9 Å². The van der Waals surface area contributed by atoms with Gasteiger partial charge in [-0.3, -0.25) is 4.79 Å². The van der Waals surface area contributed by atoms with Gasteiger partial charge in [0.25, 0.3) is 0 Å². The average molecular weight is 531 g/mol. The van der Waals surface area contributed by atoms with Gasteiger partial charge < -0.3 is 25.6 Å². The lowest BCUT2D eigenvalue weighted by molar-refractivity contribution is -0.111. The second kappa shape index (κ2) is 12.4. The zero-order valence-electron chi connectivity index (χ0n) is 21.8. The van der Waals surface area contributed by atoms with Gasteiger partial charge in [-0.25, -0.2) is 4.98 Å². The molecule has 38 heavy (non-hydrogen) atoms. The van der Waals surface area contributed by atoms with Crippen molar-refractivity contribution in [3.05, 3.63) is 84.0 Å². The van der Waals surface area contributed by atoms with Crippen LogP contribution < -0.4 is 20.7 Å². The van der Waals surface area contributed by atoms with Crippen molar-refractivity contribution >= 4 is 57.1 Å². The van der Waals surface area contributed by atoms with Gasteiger partial charge in [0, 0.05) is 35.6 Å². The van der Waals surface area contributed by atoms with E-state index in [1.165, 1.54) is 6.08 Å². The highest BCUT2D eigenvalue weighted by Gasteiger charge is 2.11. The maximum atomic E-state index is 12.3. The minimum Gasteiger partial charge on any atom is -0.489 e. The smallest absolute Gasteiger partial charge is 0.248 e. The molecule has 0 saturated heterocycles. The zero-order chi connectivity index (χ0) is 27.1. The summed E-state index contributed by atoms with van der Waals surface area (Å²) in [4.78, 5) is 23.3. The number of hydrogen-bond donors (Lipinski definition) is 3. The molecule has 9 heteroatoms. The van der Waals surface area contributed by atoms with Crippen LogP contribution in [-0.4, -0.2) is 47.5 Å². The number of anilines is 5. The molecule has 0 fully saturated rings. The predicted octanol–water partition coefficient (Wildman–Crippen LogP) is 6.61. The number of fused-ring (bicyclic) bond motifs is 1. The monoisotopic (exact) mass is 530 g/mol. The number of hydrogen-bond acceptors (Lipinski definition) is 7. The number of ether oxygens (including phenoxy) is 1. The molecule has 0 spiro atoms. The molecule has 0 radical (unpaired) electrons. The van der Waals surface area contributed by atoms with Gasteiger partial charge in [-0.05, 0) is 69.7 Å². The van der Waals surface area contributed by atoms with Crippen molar-refractivity contribution in [3.63, 3.8) is 0 Å². The lowest BCUT2D eigenvalue weighted by Gasteiger charge is -2.17. The number of carbonyl (C=O) groups is 1. The van der Waals surface area contributed by atoms with Crippen molar-refractivity contribution in [1.29, 1.82) is 0 Å². The van der Waals surface area contributed by atoms with E-state index in [0.717, 1.165) is 16.5 Å². The first-order valence-corrected chi connectivity index (χ1v) is 12.6. The highest BCUT2D eigenvalue weighted by atomic mass is 35.5. The second-order valence-electron chi connectivity index (χ2n) is 9.23. The Morgan fingerprint density at radius 3 is 2.66 bits per heavy atom. The fraction of sp³-hybridized carbons (Fsp3) is 0.207. The van der Waals surface area contributed by atoms with E-state index in [0.29, 0.717) is 40.5 Å². The summed E-state index contributed by atoms with van der Waals surface area (Å²) in [6.45, 7) is 4.57. The molecule has 1 aromatic heterocycles. The van der Waals surface area contributed by atoms with Gasteiger partial charge >= 0.3 is 0 Å². The van der Waals surface area contributed by atoms with Gasteiger partial charge in [-0.1, -0.05) is 41.9 Å². The number of nitrogens with zero attached hydrogens (tertiary/aromatic N) is 3. The predicted molar refractivity (Wildman–Crippen MR) is 156 cm³/mol. The molecule has 3 N–H and O–H groups in total. The number of likely N-dealkylation sites (N-methyl/N-ethyl adjacent to an activating group) is 1. The maximum Gasteiger partial charge on any atom is 0.248 e. The average Bonchev–Trinajstić information content (AvgIpc) is 2.85. The molecule has 4 aromatic rings. The van der Waals surface area contributed by atoms with E-state index in [1.807, 2.05) is 69.2 Å². The number of halogens is 1. The summed E-state index contributed by atoms with van der Waals surface area (Å²) in [7, 11) is 3.88. The third-order valence-corrected chi connectivity index (χ3v) is 5.65. The van der Waals surface area contributed by atoms with Crippen molar-refractivity contribution in [2.75, 3.05) is 36.6 Å². The van der Waals surface area contributed by atoms with Crippen LogP contribution >= 0.6 is 11.6 Å². The summed E-state index contributed by atoms with van der Waals surface area (Å²) in [6.07, 6.45) is 4.93. The van der Waals surface area contributed by atoms with Crippen LogP contribution in [0, 0.1) is 0 Å². The summed E-state index contributed by atoms with van der Waals surface area (Å²) >= 11 is 6.48. The van der Waals surface area contributed by atoms with E-state index >= 15 is 0 Å². The van der Waals surface area contributed by atoms with Gasteiger partial charge in [-0.2, -0.15) is 4.98 Å². The number of amides is 1. The molecular formula is C29H31ClN6O2. The maximum absolute atomic E-state index is 12.3. The van der Waals surface area contributed by atoms with E-state index in [9.17, 15) is 4.79 Å². The third-order valence-electron chi connectivity index (χ3n) is 5.34. The van der Waals surface area contributed by atoms with Gasteiger partial charge in [-0.15, -0.1) is 0 Å². The highest BCUT2D eigenvalue weighted by Crippen LogP contribution is 2.32. The van der Waals surface area contributed by atoms with Crippen LogP contribution in [-0.2, 0) is 4.79 Å². The van der Waals surface area contributed by atoms with Crippen LogP contribution in [0.25, 0.3) is 10.8 Å². The Hall–Kier alpha value is -4.14. The van der Waals surface area contributed by atoms with Crippen molar-refractivity contribution in [3.8, 4) is 5.75 Å². The third kappa shape index (κ3) is 7.44. The standard InChI is InChI=1S/C29H31ClN6O2/c1-19(2)38-26-12-11-21(33-28(37)10-7-15-36(3)4)18-25(26)34-29-31-14-13-27(35-29)32-22-16-20-8-5-6-9-23(20)24(30)17-22/h5-14,16-19H,15H2,1-4H3,(H,33,37)(H2,31,32,34,35)/b10-7+. The van der Waals surface area contributed by atoms with Crippen LogP contribution in [0.1, 0.15) is 13.8 Å². The van der Waals surface area contributed by atoms with E-state index in [4.69, 9.17) is 16.3 Å². The molecule has 196 valence electrons. The minimum absolute atomic E-state index is 0.0449. The van der Waals surface area contributed by atoms with Crippen molar-refractivity contribution in [2.24, 2.45) is 0 Å². The molecule has 3 aromatic carbocycles. The van der Waals surface area contributed by atoms with E-state index in [2.05, 4.69) is 25.9 Å². The Labute approximate surface area is 227 Å². The summed E-state index contributed by atoms with van der Waals surface area (Å²) in [5.74, 6) is 1.36. The summed E-state index contributed by atoms with van der Waals surface area (Å²) < 4.78 is 5.97. The van der Waals surface area contributed by atoms with Gasteiger partial charge in [0.15, 0.2) is 0 Å². The summed E-state index contributed by atoms with van der Waals surface area (Å²) in [5, 5.41) is 12.1. The van der Waals surface area contributed by atoms with Crippen LogP contribution in [0.15, 0.2) is 79.0 Å². The molecule has 0 saturated carbocycles. The number of carbonyl (C=O) groups excluding carboxylic acids is 1. The Morgan fingerprint density at radius 2 is 1.87 bits per heavy atom. The molecule has 4 rings (SSSR count). The Kier molecular flexibility index (Phi) is 8.78. The molecule has 1 amide bonds. The quantitative estimate of drug-likeness (QED) is 0.199. The summed E-state index contributed by atoms with van der Waals surface area (Å²) in [5.41, 5.74) is 2.05. The number of nitrogens with one attached hydrogen (secondary N) is 3. The van der Waals surface area contributed by atoms with Crippen LogP contribution in [0.4, 0.5) is 28.8 Å². The van der Waals surface area contributed by atoms with Crippen molar-refractivity contribution in [1.82, 2.24) is 14.9 Å². The SMILES string of the molecule is CC(C)Oc1ccc(NC(=O)/C=C/CN(C)C)cc1Nc1nccc(Nc2cc(Cl)c3ccccc3c2)n1. The van der Waals surface area contributed by atoms with E-state index < -0.39 is 0 Å². The molecule has 0 aliphatic carbocycles. The lowest BCUT2D eigenvalue weighted by Crippen LogP contribution is -2.13. The van der Waals surface area contributed by atoms with Crippen LogP contribution in [0.3, 0.4) is 0 Å². The molecule has 8 nitrogen and oxygen atoms in total. The first kappa shape index (κ1) is 26.9. The Morgan fingerprint density at radius 1 is 1.05 bits per heavy atom. The number of benzene rings is 3. The first-order chi connectivity index (χ1) is 18.3. The van der Waals surface area contributed by atoms with Crippen molar-refractivity contribution in [2.45, 2.75) is 20.0 Å². The van der Waals surface area contributed by atoms with Crippen molar-refractivity contribution < 1.29 is 9.53 Å². The lowest BCUT2D eigenvalue weighted by atomic mass is 10.1. The fourth-order valence-corrected chi connectivity index (χ4v) is 4.00.